The van der Waals surface area contributed by atoms with Gasteiger partial charge in [-0.15, -0.1) is 0 Å². The highest BCUT2D eigenvalue weighted by atomic mass is 16.5. The molecule has 10 heteroatoms. The second kappa shape index (κ2) is 7.04. The smallest absolute Gasteiger partial charge is 0.337 e. The lowest BCUT2D eigenvalue weighted by Gasteiger charge is -2.41. The van der Waals surface area contributed by atoms with Crippen molar-refractivity contribution in [2.24, 2.45) is 0 Å². The van der Waals surface area contributed by atoms with Crippen LogP contribution in [-0.2, 0) is 28.7 Å². The van der Waals surface area contributed by atoms with Crippen molar-refractivity contribution < 1.29 is 49.1 Å². The van der Waals surface area contributed by atoms with Crippen LogP contribution in [0.3, 0.4) is 0 Å². The number of hydrogen-bond donors (Lipinski definition) is 4. The number of methoxy groups -OCH3 is 1. The number of aliphatic hydroxyl groups is 4. The first kappa shape index (κ1) is 21.0. The van der Waals surface area contributed by atoms with Crippen molar-refractivity contribution in [3.8, 4) is 0 Å². The summed E-state index contributed by atoms with van der Waals surface area (Å²) < 4.78 is 4.10. The molecule has 0 unspecified atom stereocenters. The lowest BCUT2D eigenvalue weighted by molar-refractivity contribution is -0.217. The minimum absolute atomic E-state index is 0.575. The number of hydrogen-bond acceptors (Lipinski definition) is 10. The van der Waals surface area contributed by atoms with E-state index >= 15 is 0 Å². The third-order valence-corrected chi connectivity index (χ3v) is 3.42. The van der Waals surface area contributed by atoms with Gasteiger partial charge in [-0.25, -0.2) is 4.79 Å². The molecule has 130 valence electrons. The van der Waals surface area contributed by atoms with Gasteiger partial charge in [0.1, 0.15) is 6.10 Å². The number of Topliss-reactive ketones (excluding diaryl/α,β-unsaturated/α-hetero) is 4. The second-order valence-corrected chi connectivity index (χ2v) is 4.89. The molecule has 0 aromatic rings. The molecule has 0 aliphatic heterocycles. The van der Waals surface area contributed by atoms with E-state index < -0.39 is 52.5 Å². The molecule has 4 N–H and O–H groups in total. The van der Waals surface area contributed by atoms with Crippen LogP contribution in [0.25, 0.3) is 0 Å². The Labute approximate surface area is 130 Å². The Balaban J connectivity index is 6.44. The quantitative estimate of drug-likeness (QED) is 0.199. The molecular formula is C13H18O10. The van der Waals surface area contributed by atoms with E-state index in [1.807, 2.05) is 0 Å². The molecule has 0 rings (SSSR count). The van der Waals surface area contributed by atoms with Crippen molar-refractivity contribution in [1.29, 1.82) is 0 Å². The Bertz CT molecular complexity index is 553. The fourth-order valence-electron chi connectivity index (χ4n) is 2.01. The average molecular weight is 334 g/mol. The summed E-state index contributed by atoms with van der Waals surface area (Å²) in [6.07, 6.45) is -5.41. The highest BCUT2D eigenvalue weighted by Crippen LogP contribution is 2.32. The Hall–Kier alpha value is -2.01. The summed E-state index contributed by atoms with van der Waals surface area (Å²) in [5.74, 6) is -7.90. The molecular weight excluding hydrogens is 316 g/mol. The monoisotopic (exact) mass is 334 g/mol. The van der Waals surface area contributed by atoms with E-state index in [2.05, 4.69) is 4.74 Å². The molecule has 0 saturated heterocycles. The van der Waals surface area contributed by atoms with Crippen LogP contribution in [0.15, 0.2) is 0 Å². The van der Waals surface area contributed by atoms with Crippen LogP contribution in [0, 0.1) is 0 Å². The molecule has 0 fully saturated rings. The number of esters is 1. The van der Waals surface area contributed by atoms with E-state index in [-0.39, 0.29) is 0 Å². The van der Waals surface area contributed by atoms with Crippen molar-refractivity contribution in [2.75, 3.05) is 7.11 Å². The van der Waals surface area contributed by atoms with Gasteiger partial charge < -0.3 is 25.2 Å². The van der Waals surface area contributed by atoms with Crippen LogP contribution >= 0.6 is 0 Å². The molecule has 23 heavy (non-hydrogen) atoms. The lowest BCUT2D eigenvalue weighted by Crippen LogP contribution is -2.75. The van der Waals surface area contributed by atoms with Crippen molar-refractivity contribution in [3.05, 3.63) is 0 Å². The van der Waals surface area contributed by atoms with Crippen molar-refractivity contribution in [2.45, 2.75) is 44.2 Å². The SMILES string of the molecule is COC(=O)[C@@H](O)[C@@H](O)[C@@](O)(C(C)=O)[C@](O)(C(C)=O)C(=O)C(C)=O. The molecule has 0 heterocycles. The molecule has 0 amide bonds. The number of ketones is 4. The molecule has 0 aliphatic rings. The van der Waals surface area contributed by atoms with Crippen LogP contribution in [0.1, 0.15) is 20.8 Å². The minimum Gasteiger partial charge on any atom is -0.467 e. The number of rotatable bonds is 8. The molecule has 4 atom stereocenters. The molecule has 0 aromatic heterocycles. The molecule has 0 aromatic carbocycles. The molecule has 0 bridgehead atoms. The Kier molecular flexibility index (Phi) is 6.43. The maximum absolute atomic E-state index is 11.9. The first-order chi connectivity index (χ1) is 10.3. The summed E-state index contributed by atoms with van der Waals surface area (Å²) in [6, 6.07) is 0. The minimum atomic E-state index is -3.70. The zero-order valence-electron chi connectivity index (χ0n) is 12.9. The van der Waals surface area contributed by atoms with Crippen molar-refractivity contribution in [1.82, 2.24) is 0 Å². The van der Waals surface area contributed by atoms with Gasteiger partial charge in [-0.05, 0) is 13.8 Å². The van der Waals surface area contributed by atoms with Gasteiger partial charge in [0.05, 0.1) is 7.11 Å². The largest absolute Gasteiger partial charge is 0.467 e. The third-order valence-electron chi connectivity index (χ3n) is 3.42. The zero-order valence-corrected chi connectivity index (χ0v) is 12.9. The van der Waals surface area contributed by atoms with Crippen LogP contribution < -0.4 is 0 Å². The van der Waals surface area contributed by atoms with E-state index in [4.69, 9.17) is 0 Å². The van der Waals surface area contributed by atoms with Gasteiger partial charge in [0, 0.05) is 6.92 Å². The van der Waals surface area contributed by atoms with Gasteiger partial charge >= 0.3 is 5.97 Å². The maximum Gasteiger partial charge on any atom is 0.337 e. The topological polar surface area (TPSA) is 176 Å². The summed E-state index contributed by atoms with van der Waals surface area (Å²) in [5.41, 5.74) is -7.35. The van der Waals surface area contributed by atoms with Gasteiger partial charge in [-0.3, -0.25) is 19.2 Å². The van der Waals surface area contributed by atoms with Crippen LogP contribution in [0.2, 0.25) is 0 Å². The van der Waals surface area contributed by atoms with Gasteiger partial charge in [0.25, 0.3) is 0 Å². The fourth-order valence-corrected chi connectivity index (χ4v) is 2.01. The van der Waals surface area contributed by atoms with Crippen LogP contribution in [0.5, 0.6) is 0 Å². The second-order valence-electron chi connectivity index (χ2n) is 4.89. The van der Waals surface area contributed by atoms with Crippen LogP contribution in [-0.4, -0.2) is 80.0 Å². The standard InChI is InChI=1S/C13H18O10/c1-5(14)9(18)12(21,6(2)15)13(22,7(3)16)10(19)8(17)11(20)23-4/h8,10,17,19,21-22H,1-4H3/t8-,10+,12-,13-/m0/s1. The van der Waals surface area contributed by atoms with Gasteiger partial charge in [-0.1, -0.05) is 0 Å². The van der Waals surface area contributed by atoms with Crippen LogP contribution in [0.4, 0.5) is 0 Å². The summed E-state index contributed by atoms with van der Waals surface area (Å²) in [5, 5.41) is 40.2. The van der Waals surface area contributed by atoms with E-state index in [0.29, 0.717) is 20.8 Å². The molecule has 10 nitrogen and oxygen atoms in total. The van der Waals surface area contributed by atoms with Crippen molar-refractivity contribution in [3.63, 3.8) is 0 Å². The number of carbonyl (C=O) groups excluding carboxylic acids is 5. The van der Waals surface area contributed by atoms with E-state index in [1.54, 1.807) is 0 Å². The Morgan fingerprint density at radius 2 is 1.35 bits per heavy atom. The van der Waals surface area contributed by atoms with E-state index in [1.165, 1.54) is 0 Å². The highest BCUT2D eigenvalue weighted by molar-refractivity contribution is 6.45. The Morgan fingerprint density at radius 3 is 1.61 bits per heavy atom. The number of carbonyl (C=O) groups is 5. The summed E-state index contributed by atoms with van der Waals surface area (Å²) in [6.45, 7) is 1.81. The molecule has 0 saturated carbocycles. The fraction of sp³-hybridized carbons (Fsp3) is 0.615. The predicted molar refractivity (Wildman–Crippen MR) is 71.0 cm³/mol. The zero-order chi connectivity index (χ0) is 18.7. The average Bonchev–Trinajstić information content (AvgIpc) is 2.49. The number of aliphatic hydroxyl groups excluding tert-OH is 2. The lowest BCUT2D eigenvalue weighted by atomic mass is 9.69. The molecule has 0 spiro atoms. The first-order valence-electron chi connectivity index (χ1n) is 6.26. The third kappa shape index (κ3) is 3.20. The summed E-state index contributed by atoms with van der Waals surface area (Å²) in [4.78, 5) is 57.8. The highest BCUT2D eigenvalue weighted by Gasteiger charge is 2.67. The van der Waals surface area contributed by atoms with Gasteiger partial charge in [0.15, 0.2) is 29.1 Å². The Morgan fingerprint density at radius 1 is 0.913 bits per heavy atom. The van der Waals surface area contributed by atoms with E-state index in [9.17, 15) is 44.4 Å². The first-order valence-corrected chi connectivity index (χ1v) is 6.26. The van der Waals surface area contributed by atoms with Crippen molar-refractivity contribution >= 4 is 29.1 Å². The predicted octanol–water partition coefficient (Wildman–Crippen LogP) is -3.32. The summed E-state index contributed by atoms with van der Waals surface area (Å²) in [7, 11) is 0.809. The van der Waals surface area contributed by atoms with E-state index in [0.717, 1.165) is 7.11 Å². The maximum atomic E-state index is 11.9. The van der Waals surface area contributed by atoms with Gasteiger partial charge in [0.2, 0.25) is 11.4 Å². The normalized spacial score (nSPS) is 18.8. The molecule has 0 radical (unpaired) electrons. The van der Waals surface area contributed by atoms with Gasteiger partial charge in [-0.2, -0.15) is 0 Å². The number of ether oxygens (including phenoxy) is 1. The molecule has 0 aliphatic carbocycles. The summed E-state index contributed by atoms with van der Waals surface area (Å²) >= 11 is 0.